The molecule has 0 aliphatic rings. The minimum atomic E-state index is -5.32. The van der Waals surface area contributed by atoms with Crippen LogP contribution in [-0.2, 0) is 0 Å². The summed E-state index contributed by atoms with van der Waals surface area (Å²) in [7, 11) is 0. The fourth-order valence-electron chi connectivity index (χ4n) is 2.25. The summed E-state index contributed by atoms with van der Waals surface area (Å²) in [6.45, 7) is 3.05. The third-order valence-electron chi connectivity index (χ3n) is 3.04. The average Bonchev–Trinajstić information content (AvgIpc) is 2.49. The second-order valence-electron chi connectivity index (χ2n) is 5.56. The molecule has 0 amide bonds. The van der Waals surface area contributed by atoms with Gasteiger partial charge in [-0.3, -0.25) is 0 Å². The maximum absolute atomic E-state index is 12.9. The molecule has 0 radical (unpaired) electrons. The van der Waals surface area contributed by atoms with E-state index in [2.05, 4.69) is 9.47 Å². The molecule has 0 fully saturated rings. The average molecular weight is 396 g/mol. The summed E-state index contributed by atoms with van der Waals surface area (Å²) < 4.78 is 89.4. The van der Waals surface area contributed by atoms with E-state index < -0.39 is 47.4 Å². The lowest BCUT2D eigenvalue weighted by atomic mass is 10.0. The third-order valence-corrected chi connectivity index (χ3v) is 3.04. The van der Waals surface area contributed by atoms with Gasteiger partial charge in [-0.25, -0.2) is 0 Å². The van der Waals surface area contributed by atoms with Gasteiger partial charge in [-0.1, -0.05) is 30.3 Å². The van der Waals surface area contributed by atoms with Crippen molar-refractivity contribution in [1.82, 2.24) is 0 Å². The Hall–Kier alpha value is -2.78. The maximum Gasteiger partial charge on any atom is 0.573 e. The Morgan fingerprint density at radius 3 is 1.89 bits per heavy atom. The number of aromatic hydroxyl groups is 1. The van der Waals surface area contributed by atoms with Gasteiger partial charge < -0.3 is 19.3 Å². The van der Waals surface area contributed by atoms with Crippen LogP contribution in [0, 0.1) is 0 Å². The van der Waals surface area contributed by atoms with E-state index in [0.717, 1.165) is 0 Å². The van der Waals surface area contributed by atoms with Crippen LogP contribution in [0.15, 0.2) is 36.4 Å². The highest BCUT2D eigenvalue weighted by Crippen LogP contribution is 2.52. The quantitative estimate of drug-likeness (QED) is 0.664. The van der Waals surface area contributed by atoms with Crippen molar-refractivity contribution in [2.75, 3.05) is 0 Å². The fourth-order valence-corrected chi connectivity index (χ4v) is 2.25. The van der Waals surface area contributed by atoms with Crippen molar-refractivity contribution >= 4 is 0 Å². The summed E-state index contributed by atoms with van der Waals surface area (Å²) in [6, 6.07) is 7.44. The number of alkyl halides is 6. The highest BCUT2D eigenvalue weighted by Gasteiger charge is 2.39. The lowest BCUT2D eigenvalue weighted by molar-refractivity contribution is -0.287. The van der Waals surface area contributed by atoms with Crippen LogP contribution in [0.5, 0.6) is 23.0 Å². The van der Waals surface area contributed by atoms with E-state index in [1.165, 1.54) is 38.1 Å². The highest BCUT2D eigenvalue weighted by atomic mass is 19.4. The number of phenolic OH excluding ortho intramolecular Hbond substituents is 1. The van der Waals surface area contributed by atoms with E-state index in [9.17, 15) is 31.4 Å². The summed E-state index contributed by atoms with van der Waals surface area (Å²) in [4.78, 5) is 0. The molecule has 4 nitrogen and oxygen atoms in total. The zero-order valence-corrected chi connectivity index (χ0v) is 14.0. The van der Waals surface area contributed by atoms with Crippen LogP contribution in [0.1, 0.15) is 13.8 Å². The van der Waals surface area contributed by atoms with E-state index in [0.29, 0.717) is 6.07 Å². The van der Waals surface area contributed by atoms with Gasteiger partial charge in [-0.2, -0.15) is 0 Å². The molecule has 148 valence electrons. The Labute approximate surface area is 149 Å². The zero-order chi connectivity index (χ0) is 20.4. The van der Waals surface area contributed by atoms with Gasteiger partial charge in [0.15, 0.2) is 23.0 Å². The molecular weight excluding hydrogens is 382 g/mol. The van der Waals surface area contributed by atoms with Crippen LogP contribution in [0.3, 0.4) is 0 Å². The zero-order valence-electron chi connectivity index (χ0n) is 14.0. The van der Waals surface area contributed by atoms with E-state index in [4.69, 9.17) is 4.74 Å². The highest BCUT2D eigenvalue weighted by molar-refractivity contribution is 5.83. The lowest BCUT2D eigenvalue weighted by Gasteiger charge is -2.23. The summed E-state index contributed by atoms with van der Waals surface area (Å²) in [5, 5.41) is 10.1. The second-order valence-corrected chi connectivity index (χ2v) is 5.56. The number of phenols is 1. The molecule has 0 saturated heterocycles. The first kappa shape index (κ1) is 20.5. The third kappa shape index (κ3) is 5.60. The van der Waals surface area contributed by atoms with Crippen LogP contribution in [-0.4, -0.2) is 23.9 Å². The monoisotopic (exact) mass is 396 g/mol. The number of halogens is 6. The Balaban J connectivity index is 2.83. The van der Waals surface area contributed by atoms with Crippen molar-refractivity contribution in [3.63, 3.8) is 0 Å². The molecule has 0 aliphatic carbocycles. The van der Waals surface area contributed by atoms with Gasteiger partial charge in [-0.15, -0.1) is 26.3 Å². The van der Waals surface area contributed by atoms with E-state index in [-0.39, 0.29) is 5.56 Å². The Morgan fingerprint density at radius 2 is 1.41 bits per heavy atom. The predicted molar refractivity (Wildman–Crippen MR) is 82.7 cm³/mol. The summed E-state index contributed by atoms with van der Waals surface area (Å²) in [5.41, 5.74) is -0.504. The van der Waals surface area contributed by atoms with Gasteiger partial charge in [-0.05, 0) is 19.4 Å². The van der Waals surface area contributed by atoms with Crippen LogP contribution in [0.25, 0.3) is 11.1 Å². The standard InChI is InChI=1S/C17H14F6O4/c1-9(2)25-14-11(24)8-12(26-16(18,19)20)15(27-17(21,22)23)13(14)10-6-4-3-5-7-10/h3-9,24H,1-2H3. The minimum absolute atomic E-state index is 0.0234. The van der Waals surface area contributed by atoms with Crippen LogP contribution in [0.2, 0.25) is 0 Å². The van der Waals surface area contributed by atoms with Gasteiger partial charge >= 0.3 is 12.7 Å². The van der Waals surface area contributed by atoms with Crippen LogP contribution < -0.4 is 14.2 Å². The normalized spacial score (nSPS) is 12.2. The molecule has 0 aliphatic heterocycles. The Morgan fingerprint density at radius 1 is 0.852 bits per heavy atom. The molecule has 2 aromatic carbocycles. The van der Waals surface area contributed by atoms with Crippen molar-refractivity contribution < 1.29 is 45.7 Å². The molecule has 0 bridgehead atoms. The van der Waals surface area contributed by atoms with Gasteiger partial charge in [0.2, 0.25) is 0 Å². The van der Waals surface area contributed by atoms with E-state index in [1.54, 1.807) is 6.07 Å². The van der Waals surface area contributed by atoms with E-state index >= 15 is 0 Å². The smallest absolute Gasteiger partial charge is 0.504 e. The Kier molecular flexibility index (Phi) is 5.67. The number of ether oxygens (including phenoxy) is 3. The lowest BCUT2D eigenvalue weighted by Crippen LogP contribution is -2.22. The van der Waals surface area contributed by atoms with Crippen LogP contribution >= 0.6 is 0 Å². The minimum Gasteiger partial charge on any atom is -0.504 e. The number of hydrogen-bond donors (Lipinski definition) is 1. The van der Waals surface area contributed by atoms with Crippen molar-refractivity contribution in [3.05, 3.63) is 36.4 Å². The molecule has 0 unspecified atom stereocenters. The van der Waals surface area contributed by atoms with Gasteiger partial charge in [0.05, 0.1) is 11.7 Å². The fraction of sp³-hybridized carbons (Fsp3) is 0.294. The van der Waals surface area contributed by atoms with Gasteiger partial charge in [0.1, 0.15) is 0 Å². The maximum atomic E-state index is 12.9. The molecular formula is C17H14F6O4. The predicted octanol–water partition coefficient (Wildman–Crippen LogP) is 5.64. The van der Waals surface area contributed by atoms with Crippen LogP contribution in [0.4, 0.5) is 26.3 Å². The summed E-state index contributed by atoms with van der Waals surface area (Å²) in [5.74, 6) is -3.94. The second kappa shape index (κ2) is 7.45. The first-order valence-corrected chi connectivity index (χ1v) is 7.51. The van der Waals surface area contributed by atoms with Crippen molar-refractivity contribution in [1.29, 1.82) is 0 Å². The molecule has 0 aromatic heterocycles. The molecule has 0 saturated carbocycles. The molecule has 0 spiro atoms. The Bertz CT molecular complexity index is 785. The topological polar surface area (TPSA) is 47.9 Å². The first-order chi connectivity index (χ1) is 12.4. The van der Waals surface area contributed by atoms with Crippen molar-refractivity contribution in [2.24, 2.45) is 0 Å². The summed E-state index contributed by atoms with van der Waals surface area (Å²) in [6.07, 6.45) is -11.2. The van der Waals surface area contributed by atoms with E-state index in [1.807, 2.05) is 0 Å². The number of rotatable bonds is 5. The molecule has 0 atom stereocenters. The number of hydrogen-bond acceptors (Lipinski definition) is 4. The molecule has 1 N–H and O–H groups in total. The molecule has 10 heteroatoms. The molecule has 0 heterocycles. The van der Waals surface area contributed by atoms with Crippen molar-refractivity contribution in [2.45, 2.75) is 32.7 Å². The first-order valence-electron chi connectivity index (χ1n) is 7.51. The van der Waals surface area contributed by atoms with Crippen molar-refractivity contribution in [3.8, 4) is 34.1 Å². The molecule has 2 rings (SSSR count). The summed E-state index contributed by atoms with van der Waals surface area (Å²) >= 11 is 0. The molecule has 2 aromatic rings. The number of benzene rings is 2. The van der Waals surface area contributed by atoms with Gasteiger partial charge in [0, 0.05) is 6.07 Å². The molecule has 27 heavy (non-hydrogen) atoms. The van der Waals surface area contributed by atoms with Gasteiger partial charge in [0.25, 0.3) is 0 Å². The SMILES string of the molecule is CC(C)Oc1c(O)cc(OC(F)(F)F)c(OC(F)(F)F)c1-c1ccccc1. The largest absolute Gasteiger partial charge is 0.573 e.